The van der Waals surface area contributed by atoms with Gasteiger partial charge in [0.1, 0.15) is 35.6 Å². The molecule has 0 bridgehead atoms. The lowest BCUT2D eigenvalue weighted by Crippen LogP contribution is -2.47. The zero-order valence-corrected chi connectivity index (χ0v) is 17.5. The largest absolute Gasteiger partial charge is 0.354 e. The number of hydrogen-bond acceptors (Lipinski definition) is 6. The predicted molar refractivity (Wildman–Crippen MR) is 117 cm³/mol. The van der Waals surface area contributed by atoms with Gasteiger partial charge < -0.3 is 10.2 Å². The van der Waals surface area contributed by atoms with Gasteiger partial charge in [0.05, 0.1) is 28.8 Å². The van der Waals surface area contributed by atoms with Gasteiger partial charge in [0.2, 0.25) is 0 Å². The first-order chi connectivity index (χ1) is 15.5. The Balaban J connectivity index is 1.54. The van der Waals surface area contributed by atoms with Crippen molar-refractivity contribution in [2.45, 2.75) is 6.92 Å². The molecule has 4 heterocycles. The first kappa shape index (κ1) is 20.5. The highest BCUT2D eigenvalue weighted by Crippen LogP contribution is 2.40. The average molecular weight is 441 g/mol. The SMILES string of the molecule is Cc1n[nH]c2c1N=C(c1c(F)cccc1F)Nc1cnc(N3CCN(CCF)CC3)cc1-2. The molecular weight excluding hydrogens is 419 g/mol. The van der Waals surface area contributed by atoms with Crippen LogP contribution in [-0.2, 0) is 0 Å². The summed E-state index contributed by atoms with van der Waals surface area (Å²) < 4.78 is 41.6. The zero-order chi connectivity index (χ0) is 22.2. The molecule has 0 amide bonds. The Labute approximate surface area is 183 Å². The Morgan fingerprint density at radius 1 is 1.09 bits per heavy atom. The standard InChI is InChI=1S/C22H22F3N7/c1-13-20-21(30-29-13)14-11-18(32-9-7-31(6-5-23)8-10-32)26-12-17(14)27-22(28-20)19-15(24)3-2-4-16(19)25/h2-4,11-12H,5-10H2,1H3,(H,27,28)(H,29,30). The van der Waals surface area contributed by atoms with Crippen molar-refractivity contribution < 1.29 is 13.2 Å². The number of H-pyrrole nitrogens is 1. The summed E-state index contributed by atoms with van der Waals surface area (Å²) in [5, 5.41) is 10.3. The van der Waals surface area contributed by atoms with E-state index in [-0.39, 0.29) is 18.1 Å². The number of fused-ring (bicyclic) bond motifs is 3. The van der Waals surface area contributed by atoms with Crippen LogP contribution in [0.15, 0.2) is 35.5 Å². The number of hydrogen-bond donors (Lipinski definition) is 2. The highest BCUT2D eigenvalue weighted by molar-refractivity contribution is 6.13. The van der Waals surface area contributed by atoms with Crippen LogP contribution >= 0.6 is 0 Å². The number of pyridine rings is 1. The van der Waals surface area contributed by atoms with Crippen molar-refractivity contribution >= 4 is 23.0 Å². The molecule has 2 N–H and O–H groups in total. The van der Waals surface area contributed by atoms with Gasteiger partial charge in [-0.15, -0.1) is 0 Å². The number of amidine groups is 1. The minimum Gasteiger partial charge on any atom is -0.354 e. The highest BCUT2D eigenvalue weighted by Gasteiger charge is 2.26. The maximum atomic E-state index is 14.5. The summed E-state index contributed by atoms with van der Waals surface area (Å²) in [6.07, 6.45) is 1.64. The first-order valence-corrected chi connectivity index (χ1v) is 10.4. The van der Waals surface area contributed by atoms with Crippen molar-refractivity contribution in [1.82, 2.24) is 20.1 Å². The lowest BCUT2D eigenvalue weighted by molar-refractivity contribution is 0.235. The van der Waals surface area contributed by atoms with E-state index in [2.05, 4.69) is 35.3 Å². The van der Waals surface area contributed by atoms with Crippen LogP contribution in [-0.4, -0.2) is 65.3 Å². The summed E-state index contributed by atoms with van der Waals surface area (Å²) in [7, 11) is 0. The molecule has 0 radical (unpaired) electrons. The van der Waals surface area contributed by atoms with Crippen molar-refractivity contribution in [3.05, 3.63) is 53.4 Å². The molecule has 166 valence electrons. The third-order valence-corrected chi connectivity index (χ3v) is 5.85. The van der Waals surface area contributed by atoms with Crippen LogP contribution in [0.5, 0.6) is 0 Å². The minimum absolute atomic E-state index is 0.0551. The Morgan fingerprint density at radius 3 is 2.56 bits per heavy atom. The summed E-state index contributed by atoms with van der Waals surface area (Å²) >= 11 is 0. The Bertz CT molecular complexity index is 1160. The normalized spacial score (nSPS) is 16.1. The number of nitrogens with zero attached hydrogens (tertiary/aromatic N) is 5. The van der Waals surface area contributed by atoms with Crippen molar-refractivity contribution in [2.24, 2.45) is 4.99 Å². The van der Waals surface area contributed by atoms with Gasteiger partial charge in [-0.05, 0) is 25.1 Å². The van der Waals surface area contributed by atoms with Crippen LogP contribution in [0.3, 0.4) is 0 Å². The van der Waals surface area contributed by atoms with E-state index < -0.39 is 11.6 Å². The van der Waals surface area contributed by atoms with E-state index >= 15 is 0 Å². The quantitative estimate of drug-likeness (QED) is 0.647. The van der Waals surface area contributed by atoms with E-state index in [1.54, 1.807) is 13.1 Å². The van der Waals surface area contributed by atoms with Crippen LogP contribution in [0.4, 0.5) is 30.4 Å². The molecule has 7 nitrogen and oxygen atoms in total. The summed E-state index contributed by atoms with van der Waals surface area (Å²) in [6, 6.07) is 5.62. The minimum atomic E-state index is -0.710. The molecule has 0 spiro atoms. The number of aryl methyl sites for hydroxylation is 1. The third-order valence-electron chi connectivity index (χ3n) is 5.85. The molecule has 2 aliphatic rings. The molecule has 2 aliphatic heterocycles. The Kier molecular flexibility index (Phi) is 5.30. The fourth-order valence-electron chi connectivity index (χ4n) is 4.10. The Hall–Kier alpha value is -3.40. The molecule has 1 aromatic carbocycles. The number of piperazine rings is 1. The van der Waals surface area contributed by atoms with E-state index in [0.29, 0.717) is 29.3 Å². The third kappa shape index (κ3) is 3.60. The average Bonchev–Trinajstić information content (AvgIpc) is 3.06. The van der Waals surface area contributed by atoms with Crippen molar-refractivity contribution in [3.8, 4) is 11.3 Å². The number of anilines is 2. The zero-order valence-electron chi connectivity index (χ0n) is 17.5. The second-order valence-electron chi connectivity index (χ2n) is 7.82. The van der Waals surface area contributed by atoms with E-state index in [9.17, 15) is 13.2 Å². The van der Waals surface area contributed by atoms with Crippen molar-refractivity contribution in [1.29, 1.82) is 0 Å². The van der Waals surface area contributed by atoms with Crippen LogP contribution in [0.2, 0.25) is 0 Å². The number of aromatic nitrogens is 3. The molecule has 0 unspecified atom stereocenters. The number of aromatic amines is 1. The van der Waals surface area contributed by atoms with Gasteiger partial charge in [0, 0.05) is 38.3 Å². The maximum absolute atomic E-state index is 14.5. The van der Waals surface area contributed by atoms with Crippen molar-refractivity contribution in [2.75, 3.05) is 49.6 Å². The van der Waals surface area contributed by atoms with Gasteiger partial charge in [0.25, 0.3) is 0 Å². The number of rotatable bonds is 4. The smallest absolute Gasteiger partial charge is 0.144 e. The molecular formula is C22H22F3N7. The van der Waals surface area contributed by atoms with Crippen molar-refractivity contribution in [3.63, 3.8) is 0 Å². The molecule has 1 saturated heterocycles. The number of benzene rings is 1. The van der Waals surface area contributed by atoms with Gasteiger partial charge in [-0.25, -0.2) is 23.1 Å². The fraction of sp³-hybridized carbons (Fsp3) is 0.318. The molecule has 10 heteroatoms. The first-order valence-electron chi connectivity index (χ1n) is 10.4. The summed E-state index contributed by atoms with van der Waals surface area (Å²) in [5.74, 6) is -0.597. The summed E-state index contributed by atoms with van der Waals surface area (Å²) in [5.41, 5.74) is 2.86. The van der Waals surface area contributed by atoms with E-state index in [1.807, 2.05) is 6.07 Å². The fourth-order valence-corrected chi connectivity index (χ4v) is 4.10. The molecule has 0 atom stereocenters. The Morgan fingerprint density at radius 2 is 1.84 bits per heavy atom. The van der Waals surface area contributed by atoms with Gasteiger partial charge in [-0.2, -0.15) is 5.10 Å². The number of aliphatic imine (C=N–C) groups is 1. The van der Waals surface area contributed by atoms with Gasteiger partial charge in [-0.3, -0.25) is 10.00 Å². The van der Waals surface area contributed by atoms with Gasteiger partial charge in [-0.1, -0.05) is 6.07 Å². The molecule has 5 rings (SSSR count). The summed E-state index contributed by atoms with van der Waals surface area (Å²) in [6.45, 7) is 4.86. The van der Waals surface area contributed by atoms with E-state index in [0.717, 1.165) is 37.6 Å². The van der Waals surface area contributed by atoms with Crippen LogP contribution in [0.1, 0.15) is 11.3 Å². The highest BCUT2D eigenvalue weighted by atomic mass is 19.1. The number of alkyl halides is 1. The molecule has 0 aliphatic carbocycles. The molecule has 2 aromatic heterocycles. The topological polar surface area (TPSA) is 72.4 Å². The molecule has 3 aromatic rings. The lowest BCUT2D eigenvalue weighted by Gasteiger charge is -2.35. The van der Waals surface area contributed by atoms with Crippen LogP contribution < -0.4 is 10.2 Å². The van der Waals surface area contributed by atoms with E-state index in [1.165, 1.54) is 18.2 Å². The lowest BCUT2D eigenvalue weighted by atomic mass is 10.1. The van der Waals surface area contributed by atoms with Gasteiger partial charge in [0.15, 0.2) is 0 Å². The predicted octanol–water partition coefficient (Wildman–Crippen LogP) is 3.65. The van der Waals surface area contributed by atoms with Crippen LogP contribution in [0.25, 0.3) is 11.3 Å². The molecule has 0 saturated carbocycles. The monoisotopic (exact) mass is 441 g/mol. The summed E-state index contributed by atoms with van der Waals surface area (Å²) in [4.78, 5) is 13.3. The second kappa shape index (κ2) is 8.27. The molecule has 32 heavy (non-hydrogen) atoms. The van der Waals surface area contributed by atoms with Gasteiger partial charge >= 0.3 is 0 Å². The molecule has 1 fully saturated rings. The maximum Gasteiger partial charge on any atom is 0.144 e. The van der Waals surface area contributed by atoms with E-state index in [4.69, 9.17) is 0 Å². The number of nitrogens with one attached hydrogen (secondary N) is 2. The van der Waals surface area contributed by atoms with Crippen LogP contribution in [0, 0.1) is 18.6 Å². The second-order valence-corrected chi connectivity index (χ2v) is 7.82. The number of halogens is 3.